The van der Waals surface area contributed by atoms with Crippen molar-refractivity contribution in [1.29, 1.82) is 0 Å². The first kappa shape index (κ1) is 15.5. The van der Waals surface area contributed by atoms with E-state index in [4.69, 9.17) is 0 Å². The van der Waals surface area contributed by atoms with E-state index in [1.165, 1.54) is 6.07 Å². The first-order valence-electron chi connectivity index (χ1n) is 7.49. The summed E-state index contributed by atoms with van der Waals surface area (Å²) in [6.07, 6.45) is 2.77. The highest BCUT2D eigenvalue weighted by Gasteiger charge is 2.40. The molecule has 1 aromatic rings. The molecule has 0 amide bonds. The summed E-state index contributed by atoms with van der Waals surface area (Å²) in [6, 6.07) is 6.96. The molecule has 0 aromatic heterocycles. The van der Waals surface area contributed by atoms with Crippen molar-refractivity contribution in [3.63, 3.8) is 0 Å². The van der Waals surface area contributed by atoms with Gasteiger partial charge in [0.25, 0.3) is 0 Å². The van der Waals surface area contributed by atoms with Crippen LogP contribution in [0.25, 0.3) is 0 Å². The third-order valence-electron chi connectivity index (χ3n) is 4.98. The first-order chi connectivity index (χ1) is 9.34. The molecule has 0 aliphatic heterocycles. The molecule has 0 heterocycles. The van der Waals surface area contributed by atoms with Gasteiger partial charge >= 0.3 is 0 Å². The molecule has 20 heavy (non-hydrogen) atoms. The zero-order chi connectivity index (χ0) is 14.9. The van der Waals surface area contributed by atoms with Gasteiger partial charge in [-0.2, -0.15) is 0 Å². The Morgan fingerprint density at radius 3 is 2.65 bits per heavy atom. The predicted octanol–water partition coefficient (Wildman–Crippen LogP) is 3.76. The van der Waals surface area contributed by atoms with E-state index in [1.807, 2.05) is 26.1 Å². The second kappa shape index (κ2) is 5.82. The minimum Gasteiger partial charge on any atom is -0.391 e. The lowest BCUT2D eigenvalue weighted by molar-refractivity contribution is -0.0600. The number of hydrogen-bond donors (Lipinski definition) is 1. The molecule has 3 unspecified atom stereocenters. The first-order valence-corrected chi connectivity index (χ1v) is 7.49. The molecule has 1 fully saturated rings. The summed E-state index contributed by atoms with van der Waals surface area (Å²) in [7, 11) is 1.99. The maximum Gasteiger partial charge on any atom is 0.127 e. The SMILES string of the molecule is CC(c1ccccc1F)N(C)C1CCCC(C)(C)C1O. The molecule has 0 bridgehead atoms. The summed E-state index contributed by atoms with van der Waals surface area (Å²) in [4.78, 5) is 2.13. The quantitative estimate of drug-likeness (QED) is 0.910. The van der Waals surface area contributed by atoms with Crippen LogP contribution < -0.4 is 0 Å². The fraction of sp³-hybridized carbons (Fsp3) is 0.647. The number of aliphatic hydroxyl groups excluding tert-OH is 1. The van der Waals surface area contributed by atoms with Gasteiger partial charge in [-0.1, -0.05) is 38.5 Å². The summed E-state index contributed by atoms with van der Waals surface area (Å²) < 4.78 is 13.9. The summed E-state index contributed by atoms with van der Waals surface area (Å²) in [5.74, 6) is -0.170. The lowest BCUT2D eigenvalue weighted by Gasteiger charge is -2.46. The molecule has 0 saturated heterocycles. The second-order valence-corrected chi connectivity index (χ2v) is 6.76. The van der Waals surface area contributed by atoms with Crippen molar-refractivity contribution < 1.29 is 9.50 Å². The molecule has 0 radical (unpaired) electrons. The van der Waals surface area contributed by atoms with Gasteiger partial charge in [-0.05, 0) is 38.3 Å². The number of benzene rings is 1. The molecular formula is C17H26FNO. The average Bonchev–Trinajstić information content (AvgIpc) is 2.41. The third kappa shape index (κ3) is 2.89. The van der Waals surface area contributed by atoms with Crippen molar-refractivity contribution in [3.05, 3.63) is 35.6 Å². The second-order valence-electron chi connectivity index (χ2n) is 6.76. The van der Waals surface area contributed by atoms with Gasteiger partial charge in [0.15, 0.2) is 0 Å². The molecular weight excluding hydrogens is 253 g/mol. The van der Waals surface area contributed by atoms with Gasteiger partial charge in [0.2, 0.25) is 0 Å². The van der Waals surface area contributed by atoms with Crippen LogP contribution in [-0.2, 0) is 0 Å². The Hall–Kier alpha value is -0.930. The van der Waals surface area contributed by atoms with Gasteiger partial charge < -0.3 is 5.11 Å². The Morgan fingerprint density at radius 1 is 1.35 bits per heavy atom. The van der Waals surface area contributed by atoms with Gasteiger partial charge in [-0.15, -0.1) is 0 Å². The molecule has 1 saturated carbocycles. The molecule has 1 aliphatic carbocycles. The number of aliphatic hydroxyl groups is 1. The Morgan fingerprint density at radius 2 is 2.00 bits per heavy atom. The molecule has 1 N–H and O–H groups in total. The maximum absolute atomic E-state index is 13.9. The molecule has 3 heteroatoms. The minimum atomic E-state index is -0.365. The molecule has 3 atom stereocenters. The van der Waals surface area contributed by atoms with Crippen molar-refractivity contribution in [1.82, 2.24) is 4.90 Å². The van der Waals surface area contributed by atoms with Crippen LogP contribution >= 0.6 is 0 Å². The number of likely N-dealkylation sites (N-methyl/N-ethyl adjacent to an activating group) is 1. The molecule has 2 nitrogen and oxygen atoms in total. The number of halogens is 1. The minimum absolute atomic E-state index is 0.0373. The Bertz CT molecular complexity index is 460. The number of nitrogens with zero attached hydrogens (tertiary/aromatic N) is 1. The molecule has 0 spiro atoms. The summed E-state index contributed by atoms with van der Waals surface area (Å²) in [5, 5.41) is 10.6. The lowest BCUT2D eigenvalue weighted by Crippen LogP contribution is -2.51. The van der Waals surface area contributed by atoms with E-state index >= 15 is 0 Å². The largest absolute Gasteiger partial charge is 0.391 e. The van der Waals surface area contributed by atoms with Gasteiger partial charge in [-0.3, -0.25) is 4.90 Å². The van der Waals surface area contributed by atoms with E-state index in [2.05, 4.69) is 18.7 Å². The Balaban J connectivity index is 2.18. The molecule has 112 valence electrons. The van der Waals surface area contributed by atoms with Crippen LogP contribution in [0, 0.1) is 11.2 Å². The maximum atomic E-state index is 13.9. The van der Waals surface area contributed by atoms with Gasteiger partial charge in [0.05, 0.1) is 6.10 Å². The Labute approximate surface area is 121 Å². The Kier molecular flexibility index (Phi) is 4.50. The van der Waals surface area contributed by atoms with Crippen molar-refractivity contribution in [2.45, 2.75) is 58.2 Å². The van der Waals surface area contributed by atoms with Gasteiger partial charge in [-0.25, -0.2) is 4.39 Å². The van der Waals surface area contributed by atoms with Crippen LogP contribution in [0.4, 0.5) is 4.39 Å². The highest BCUT2D eigenvalue weighted by atomic mass is 19.1. The van der Waals surface area contributed by atoms with Crippen molar-refractivity contribution in [2.75, 3.05) is 7.05 Å². The van der Waals surface area contributed by atoms with Crippen LogP contribution in [0.3, 0.4) is 0 Å². The zero-order valence-corrected chi connectivity index (χ0v) is 12.9. The smallest absolute Gasteiger partial charge is 0.127 e. The standard InChI is InChI=1S/C17H26FNO/c1-12(13-8-5-6-9-14(13)18)19(4)15-10-7-11-17(2,3)16(15)20/h5-6,8-9,12,15-16,20H,7,10-11H2,1-4H3. The number of rotatable bonds is 3. The normalized spacial score (nSPS) is 27.6. The van der Waals surface area contributed by atoms with Gasteiger partial charge in [0, 0.05) is 17.6 Å². The highest BCUT2D eigenvalue weighted by Crippen LogP contribution is 2.39. The van der Waals surface area contributed by atoms with Crippen molar-refractivity contribution in [2.24, 2.45) is 5.41 Å². The van der Waals surface area contributed by atoms with E-state index in [0.717, 1.165) is 19.3 Å². The lowest BCUT2D eigenvalue weighted by atomic mass is 9.72. The van der Waals surface area contributed by atoms with E-state index in [1.54, 1.807) is 6.07 Å². The zero-order valence-electron chi connectivity index (χ0n) is 12.9. The number of hydrogen-bond acceptors (Lipinski definition) is 2. The van der Waals surface area contributed by atoms with E-state index < -0.39 is 0 Å². The van der Waals surface area contributed by atoms with E-state index in [0.29, 0.717) is 5.56 Å². The van der Waals surface area contributed by atoms with Crippen LogP contribution in [-0.4, -0.2) is 29.2 Å². The summed E-state index contributed by atoms with van der Waals surface area (Å²) in [5.41, 5.74) is 0.636. The van der Waals surface area contributed by atoms with Crippen LogP contribution in [0.1, 0.15) is 51.6 Å². The van der Waals surface area contributed by atoms with Crippen molar-refractivity contribution >= 4 is 0 Å². The van der Waals surface area contributed by atoms with Crippen LogP contribution in [0.15, 0.2) is 24.3 Å². The fourth-order valence-electron chi connectivity index (χ4n) is 3.34. The molecule has 1 aromatic carbocycles. The molecule has 1 aliphatic rings. The van der Waals surface area contributed by atoms with E-state index in [9.17, 15) is 9.50 Å². The van der Waals surface area contributed by atoms with Gasteiger partial charge in [0.1, 0.15) is 5.82 Å². The highest BCUT2D eigenvalue weighted by molar-refractivity contribution is 5.21. The van der Waals surface area contributed by atoms with Crippen LogP contribution in [0.2, 0.25) is 0 Å². The summed E-state index contributed by atoms with van der Waals surface area (Å²) in [6.45, 7) is 6.24. The topological polar surface area (TPSA) is 23.5 Å². The van der Waals surface area contributed by atoms with Crippen LogP contribution in [0.5, 0.6) is 0 Å². The average molecular weight is 279 g/mol. The predicted molar refractivity (Wildman–Crippen MR) is 80.0 cm³/mol. The van der Waals surface area contributed by atoms with E-state index in [-0.39, 0.29) is 29.4 Å². The summed E-state index contributed by atoms with van der Waals surface area (Å²) >= 11 is 0. The molecule has 2 rings (SSSR count). The fourth-order valence-corrected chi connectivity index (χ4v) is 3.34. The monoisotopic (exact) mass is 279 g/mol. The third-order valence-corrected chi connectivity index (χ3v) is 4.98. The van der Waals surface area contributed by atoms with Crippen molar-refractivity contribution in [3.8, 4) is 0 Å².